The second-order valence-corrected chi connectivity index (χ2v) is 15.5. The minimum atomic E-state index is -4.11. The van der Waals surface area contributed by atoms with Gasteiger partial charge in [-0.1, -0.05) is 20.8 Å². The van der Waals surface area contributed by atoms with Gasteiger partial charge in [0.25, 0.3) is 5.56 Å². The zero-order chi connectivity index (χ0) is 21.5. The molecule has 2 heterocycles. The maximum atomic E-state index is 12.3. The summed E-state index contributed by atoms with van der Waals surface area (Å²) in [5.74, 6) is 0. The number of nitrogens with zero attached hydrogens (tertiary/aromatic N) is 1. The Bertz CT molecular complexity index is 861. The molecule has 1 saturated heterocycles. The Morgan fingerprint density at radius 3 is 2.39 bits per heavy atom. The molecule has 0 bridgehead atoms. The zero-order valence-electron chi connectivity index (χ0n) is 16.4. The molecular weight excluding hydrogens is 427 g/mol. The smallest absolute Gasteiger partial charge is 0.330 e. The van der Waals surface area contributed by atoms with Crippen LogP contribution in [0.25, 0.3) is 0 Å². The lowest BCUT2D eigenvalue weighted by molar-refractivity contribution is -0.0528. The van der Waals surface area contributed by atoms with Gasteiger partial charge in [0.1, 0.15) is 18.3 Å². The highest BCUT2D eigenvalue weighted by Gasteiger charge is 2.52. The Morgan fingerprint density at radius 1 is 1.32 bits per heavy atom. The van der Waals surface area contributed by atoms with Crippen LogP contribution < -0.4 is 11.2 Å². The molecular formula is C15H27N2O8PSSi. The van der Waals surface area contributed by atoms with E-state index in [4.69, 9.17) is 13.7 Å². The molecule has 160 valence electrons. The van der Waals surface area contributed by atoms with Gasteiger partial charge in [0, 0.05) is 12.3 Å². The average Bonchev–Trinajstić information content (AvgIpc) is 2.82. The molecule has 0 amide bonds. The molecule has 1 aliphatic rings. The summed E-state index contributed by atoms with van der Waals surface area (Å²) >= 11 is 4.59. The van der Waals surface area contributed by atoms with Crippen molar-refractivity contribution in [3.8, 4) is 0 Å². The SMILES string of the molecule is CC(C)(C)[Si](C)(C)O[C@@H]1[C@H](OP(O)(O)=S)[C@@H](CO)O[C@H]1n1ccc(=O)[nH]c1=O. The lowest BCUT2D eigenvalue weighted by Crippen LogP contribution is -2.50. The lowest BCUT2D eigenvalue weighted by Gasteiger charge is -2.40. The van der Waals surface area contributed by atoms with Crippen LogP contribution in [-0.4, -0.2) is 57.7 Å². The Morgan fingerprint density at radius 2 is 1.93 bits per heavy atom. The lowest BCUT2D eigenvalue weighted by atomic mass is 10.1. The topological polar surface area (TPSA) is 143 Å². The maximum Gasteiger partial charge on any atom is 0.330 e. The van der Waals surface area contributed by atoms with E-state index in [0.29, 0.717) is 0 Å². The Kier molecular flexibility index (Phi) is 6.91. The Labute approximate surface area is 168 Å². The van der Waals surface area contributed by atoms with Crippen molar-refractivity contribution in [1.82, 2.24) is 9.55 Å². The van der Waals surface area contributed by atoms with Gasteiger partial charge in [0.2, 0.25) is 0 Å². The zero-order valence-corrected chi connectivity index (χ0v) is 19.1. The van der Waals surface area contributed by atoms with Crippen LogP contribution in [0, 0.1) is 0 Å². The summed E-state index contributed by atoms with van der Waals surface area (Å²) in [5, 5.41) is 9.49. The van der Waals surface area contributed by atoms with Gasteiger partial charge in [-0.3, -0.25) is 18.9 Å². The second-order valence-electron chi connectivity index (χ2n) is 8.17. The van der Waals surface area contributed by atoms with Gasteiger partial charge in [0.05, 0.1) is 6.61 Å². The summed E-state index contributed by atoms with van der Waals surface area (Å²) in [7, 11) is -2.45. The van der Waals surface area contributed by atoms with Crippen LogP contribution in [0.2, 0.25) is 18.1 Å². The van der Waals surface area contributed by atoms with E-state index < -0.39 is 57.4 Å². The molecule has 4 atom stereocenters. The van der Waals surface area contributed by atoms with Crippen molar-refractivity contribution in [3.05, 3.63) is 33.1 Å². The second kappa shape index (κ2) is 8.21. The van der Waals surface area contributed by atoms with E-state index in [0.717, 1.165) is 10.6 Å². The highest BCUT2D eigenvalue weighted by molar-refractivity contribution is 8.06. The van der Waals surface area contributed by atoms with Crippen LogP contribution in [0.1, 0.15) is 27.0 Å². The normalized spacial score (nSPS) is 26.6. The van der Waals surface area contributed by atoms with Crippen LogP contribution in [0.4, 0.5) is 0 Å². The molecule has 0 aromatic carbocycles. The van der Waals surface area contributed by atoms with Crippen molar-refractivity contribution in [2.24, 2.45) is 0 Å². The quantitative estimate of drug-likeness (QED) is 0.355. The summed E-state index contributed by atoms with van der Waals surface area (Å²) in [5.41, 5.74) is -1.31. The van der Waals surface area contributed by atoms with E-state index in [9.17, 15) is 24.5 Å². The van der Waals surface area contributed by atoms with Crippen molar-refractivity contribution in [3.63, 3.8) is 0 Å². The van der Waals surface area contributed by atoms with Crippen LogP contribution in [0.15, 0.2) is 21.9 Å². The summed E-state index contributed by atoms with van der Waals surface area (Å²) < 4.78 is 18.5. The summed E-state index contributed by atoms with van der Waals surface area (Å²) in [6.07, 6.45) is -2.92. The summed E-state index contributed by atoms with van der Waals surface area (Å²) in [6, 6.07) is 1.15. The minimum absolute atomic E-state index is 0.214. The van der Waals surface area contributed by atoms with Crippen LogP contribution in [0.5, 0.6) is 0 Å². The molecule has 0 saturated carbocycles. The molecule has 1 fully saturated rings. The van der Waals surface area contributed by atoms with E-state index in [-0.39, 0.29) is 5.04 Å². The average molecular weight is 455 g/mol. The minimum Gasteiger partial charge on any atom is -0.407 e. The number of aromatic amines is 1. The number of hydrogen-bond donors (Lipinski definition) is 4. The first-order chi connectivity index (χ1) is 12.7. The molecule has 10 nitrogen and oxygen atoms in total. The molecule has 13 heteroatoms. The molecule has 1 aromatic rings. The van der Waals surface area contributed by atoms with Crippen molar-refractivity contribution in [2.45, 2.75) is 63.4 Å². The number of ether oxygens (including phenoxy) is 1. The Hall–Kier alpha value is -0.693. The number of hydrogen-bond acceptors (Lipinski definition) is 7. The number of aromatic nitrogens is 2. The molecule has 0 spiro atoms. The monoisotopic (exact) mass is 454 g/mol. The van der Waals surface area contributed by atoms with Gasteiger partial charge in [-0.2, -0.15) is 0 Å². The fraction of sp³-hybridized carbons (Fsp3) is 0.733. The molecule has 1 aromatic heterocycles. The van der Waals surface area contributed by atoms with E-state index in [1.54, 1.807) is 0 Å². The van der Waals surface area contributed by atoms with E-state index in [1.165, 1.54) is 6.20 Å². The van der Waals surface area contributed by atoms with E-state index in [2.05, 4.69) is 16.8 Å². The third kappa shape index (κ3) is 5.26. The molecule has 4 N–H and O–H groups in total. The maximum absolute atomic E-state index is 12.3. The van der Waals surface area contributed by atoms with Crippen LogP contribution in [-0.2, 0) is 25.5 Å². The number of rotatable bonds is 6. The number of aliphatic hydroxyl groups is 1. The number of H-pyrrole nitrogens is 1. The fourth-order valence-electron chi connectivity index (χ4n) is 2.63. The van der Waals surface area contributed by atoms with Crippen molar-refractivity contribution >= 4 is 26.8 Å². The number of aliphatic hydroxyl groups excluding tert-OH is 1. The third-order valence-corrected chi connectivity index (χ3v) is 10.3. The van der Waals surface area contributed by atoms with Crippen molar-refractivity contribution in [1.29, 1.82) is 0 Å². The predicted molar refractivity (Wildman–Crippen MR) is 108 cm³/mol. The molecule has 0 unspecified atom stereocenters. The highest BCUT2D eigenvalue weighted by atomic mass is 32.5. The van der Waals surface area contributed by atoms with E-state index >= 15 is 0 Å². The highest BCUT2D eigenvalue weighted by Crippen LogP contribution is 2.47. The van der Waals surface area contributed by atoms with Crippen LogP contribution in [0.3, 0.4) is 0 Å². The van der Waals surface area contributed by atoms with Crippen molar-refractivity contribution in [2.75, 3.05) is 6.61 Å². The third-order valence-electron chi connectivity index (χ3n) is 5.09. The van der Waals surface area contributed by atoms with Gasteiger partial charge in [-0.15, -0.1) is 0 Å². The molecule has 1 aliphatic heterocycles. The summed E-state index contributed by atoms with van der Waals surface area (Å²) in [4.78, 5) is 45.2. The predicted octanol–water partition coefficient (Wildman–Crippen LogP) is 0.411. The molecule has 0 radical (unpaired) electrons. The van der Waals surface area contributed by atoms with Gasteiger partial charge in [0.15, 0.2) is 14.5 Å². The Balaban J connectivity index is 2.54. The van der Waals surface area contributed by atoms with Gasteiger partial charge in [-0.25, -0.2) is 4.79 Å². The molecule has 2 rings (SSSR count). The molecule has 0 aliphatic carbocycles. The number of nitrogens with one attached hydrogen (secondary N) is 1. The van der Waals surface area contributed by atoms with Gasteiger partial charge < -0.3 is 24.1 Å². The fourth-order valence-corrected chi connectivity index (χ4v) is 4.79. The van der Waals surface area contributed by atoms with E-state index in [1.807, 2.05) is 33.9 Å². The standard InChI is InChI=1S/C15H27N2O8PSSi/c1-15(2,3)28(4,5)25-12-11(24-26(21,22)27)9(8-18)23-13(12)17-7-6-10(19)16-14(17)20/h6-7,9,11-13,18H,8H2,1-5H3,(H,16,19,20)(H2,21,22,27)/t9-,11-,12-,13-/m1/s1. The first-order valence-electron chi connectivity index (χ1n) is 8.66. The first kappa shape index (κ1) is 23.6. The summed E-state index contributed by atoms with van der Waals surface area (Å²) in [6.45, 7) is 5.34. The van der Waals surface area contributed by atoms with Crippen LogP contribution >= 0.6 is 6.72 Å². The van der Waals surface area contributed by atoms with Gasteiger partial charge >= 0.3 is 12.4 Å². The van der Waals surface area contributed by atoms with Crippen molar-refractivity contribution < 1.29 is 28.6 Å². The van der Waals surface area contributed by atoms with Gasteiger partial charge in [-0.05, 0) is 29.9 Å². The molecule has 28 heavy (non-hydrogen) atoms. The largest absolute Gasteiger partial charge is 0.407 e. The first-order valence-corrected chi connectivity index (χ1v) is 14.2.